The highest BCUT2D eigenvalue weighted by Gasteiger charge is 2.07. The summed E-state index contributed by atoms with van der Waals surface area (Å²) in [6.07, 6.45) is 1.81. The predicted octanol–water partition coefficient (Wildman–Crippen LogP) is 4.93. The summed E-state index contributed by atoms with van der Waals surface area (Å²) in [6, 6.07) is 10.3. The molecule has 0 aliphatic rings. The fraction of sp³-hybridized carbons (Fsp3) is 0.316. The van der Waals surface area contributed by atoms with Crippen LogP contribution < -0.4 is 4.74 Å². The predicted molar refractivity (Wildman–Crippen MR) is 93.7 cm³/mol. The molecule has 0 N–H and O–H groups in total. The molecule has 0 aliphatic carbocycles. The number of nitrogens with zero attached hydrogens (tertiary/aromatic N) is 2. The van der Waals surface area contributed by atoms with Gasteiger partial charge in [-0.3, -0.25) is 0 Å². The van der Waals surface area contributed by atoms with Gasteiger partial charge >= 0.3 is 0 Å². The summed E-state index contributed by atoms with van der Waals surface area (Å²) in [5.41, 5.74) is 5.66. The summed E-state index contributed by atoms with van der Waals surface area (Å²) in [6.45, 7) is 8.30. The largest absolute Gasteiger partial charge is 0.457 e. The molecule has 0 spiro atoms. The summed E-state index contributed by atoms with van der Waals surface area (Å²) in [4.78, 5) is 6.41. The first-order valence-corrected chi connectivity index (χ1v) is 7.44. The smallest absolute Gasteiger partial charge is 0.130 e. The van der Waals surface area contributed by atoms with Crippen LogP contribution in [0.4, 0.5) is 5.69 Å². The summed E-state index contributed by atoms with van der Waals surface area (Å²) in [5, 5.41) is 0. The molecular formula is C19H24N2O. The van der Waals surface area contributed by atoms with E-state index in [4.69, 9.17) is 4.74 Å². The lowest BCUT2D eigenvalue weighted by molar-refractivity contribution is 0.478. The Hall–Kier alpha value is -2.29. The first kappa shape index (κ1) is 16.1. The molecule has 0 radical (unpaired) electrons. The number of benzene rings is 2. The summed E-state index contributed by atoms with van der Waals surface area (Å²) >= 11 is 0. The van der Waals surface area contributed by atoms with E-state index in [-0.39, 0.29) is 0 Å². The van der Waals surface area contributed by atoms with Crippen molar-refractivity contribution >= 4 is 12.0 Å². The Kier molecular flexibility index (Phi) is 4.86. The highest BCUT2D eigenvalue weighted by Crippen LogP contribution is 2.32. The highest BCUT2D eigenvalue weighted by atomic mass is 16.5. The Morgan fingerprint density at radius 1 is 0.864 bits per heavy atom. The molecule has 0 atom stereocenters. The van der Waals surface area contributed by atoms with Crippen LogP contribution in [0.25, 0.3) is 0 Å². The molecule has 0 aromatic heterocycles. The van der Waals surface area contributed by atoms with E-state index in [2.05, 4.69) is 44.0 Å². The summed E-state index contributed by atoms with van der Waals surface area (Å²) in [7, 11) is 3.92. The Balaban J connectivity index is 2.28. The Morgan fingerprint density at radius 2 is 1.59 bits per heavy atom. The first-order valence-electron chi connectivity index (χ1n) is 7.44. The Morgan fingerprint density at radius 3 is 2.23 bits per heavy atom. The van der Waals surface area contributed by atoms with Crippen molar-refractivity contribution in [2.45, 2.75) is 27.7 Å². The van der Waals surface area contributed by atoms with Gasteiger partial charge in [0.05, 0.1) is 12.0 Å². The van der Waals surface area contributed by atoms with Crippen LogP contribution in [-0.4, -0.2) is 25.3 Å². The van der Waals surface area contributed by atoms with Crippen LogP contribution in [0, 0.1) is 27.7 Å². The van der Waals surface area contributed by atoms with Crippen LogP contribution >= 0.6 is 0 Å². The van der Waals surface area contributed by atoms with Gasteiger partial charge in [0.25, 0.3) is 0 Å². The molecule has 0 fully saturated rings. The van der Waals surface area contributed by atoms with Crippen molar-refractivity contribution in [3.05, 3.63) is 52.6 Å². The standard InChI is InChI=1S/C19H24N2O/c1-13-7-8-17(9-14(13)2)22-19-11-15(3)18(10-16(19)4)20-12-21(5)6/h7-12H,1-6H3/b20-12-. The number of rotatable bonds is 4. The van der Waals surface area contributed by atoms with Gasteiger partial charge in [0.2, 0.25) is 0 Å². The lowest BCUT2D eigenvalue weighted by Gasteiger charge is -2.13. The average molecular weight is 296 g/mol. The molecule has 0 saturated carbocycles. The van der Waals surface area contributed by atoms with E-state index in [1.165, 1.54) is 11.1 Å². The van der Waals surface area contributed by atoms with Crippen molar-refractivity contribution in [2.75, 3.05) is 14.1 Å². The fourth-order valence-electron chi connectivity index (χ4n) is 2.11. The van der Waals surface area contributed by atoms with Crippen molar-refractivity contribution in [3.8, 4) is 11.5 Å². The zero-order chi connectivity index (χ0) is 16.3. The number of ether oxygens (including phenoxy) is 1. The quantitative estimate of drug-likeness (QED) is 0.590. The van der Waals surface area contributed by atoms with Crippen molar-refractivity contribution in [1.82, 2.24) is 4.90 Å². The van der Waals surface area contributed by atoms with Gasteiger partial charge < -0.3 is 9.64 Å². The molecule has 0 unspecified atom stereocenters. The summed E-state index contributed by atoms with van der Waals surface area (Å²) in [5.74, 6) is 1.75. The van der Waals surface area contributed by atoms with Crippen molar-refractivity contribution in [2.24, 2.45) is 4.99 Å². The minimum Gasteiger partial charge on any atom is -0.457 e. The van der Waals surface area contributed by atoms with Gasteiger partial charge in [-0.1, -0.05) is 6.07 Å². The van der Waals surface area contributed by atoms with Crippen LogP contribution in [0.5, 0.6) is 11.5 Å². The number of aliphatic imine (C=N–C) groups is 1. The molecular weight excluding hydrogens is 272 g/mol. The van der Waals surface area contributed by atoms with Gasteiger partial charge in [0, 0.05) is 14.1 Å². The molecule has 3 heteroatoms. The van der Waals surface area contributed by atoms with E-state index in [0.717, 1.165) is 28.3 Å². The maximum absolute atomic E-state index is 6.04. The third kappa shape index (κ3) is 3.88. The average Bonchev–Trinajstić information content (AvgIpc) is 2.45. The fourth-order valence-corrected chi connectivity index (χ4v) is 2.11. The van der Waals surface area contributed by atoms with Crippen molar-refractivity contribution < 1.29 is 4.74 Å². The third-order valence-corrected chi connectivity index (χ3v) is 3.63. The molecule has 0 amide bonds. The van der Waals surface area contributed by atoms with Gasteiger partial charge in [-0.2, -0.15) is 0 Å². The van der Waals surface area contributed by atoms with Gasteiger partial charge in [0.15, 0.2) is 0 Å². The topological polar surface area (TPSA) is 24.8 Å². The maximum Gasteiger partial charge on any atom is 0.130 e. The molecule has 22 heavy (non-hydrogen) atoms. The molecule has 3 nitrogen and oxygen atoms in total. The molecule has 2 rings (SSSR count). The van der Waals surface area contributed by atoms with Crippen molar-refractivity contribution in [3.63, 3.8) is 0 Å². The van der Waals surface area contributed by atoms with Crippen LogP contribution in [0.1, 0.15) is 22.3 Å². The minimum atomic E-state index is 0.871. The Bertz CT molecular complexity index is 703. The summed E-state index contributed by atoms with van der Waals surface area (Å²) < 4.78 is 6.04. The van der Waals surface area contributed by atoms with Crippen LogP contribution in [0.3, 0.4) is 0 Å². The number of hydrogen-bond donors (Lipinski definition) is 0. The monoisotopic (exact) mass is 296 g/mol. The molecule has 0 aliphatic heterocycles. The van der Waals surface area contributed by atoms with Crippen LogP contribution in [0.2, 0.25) is 0 Å². The normalized spacial score (nSPS) is 11.0. The van der Waals surface area contributed by atoms with E-state index in [0.29, 0.717) is 0 Å². The van der Waals surface area contributed by atoms with Gasteiger partial charge in [-0.05, 0) is 74.2 Å². The second-order valence-electron chi connectivity index (χ2n) is 5.96. The van der Waals surface area contributed by atoms with E-state index in [1.807, 2.05) is 44.4 Å². The van der Waals surface area contributed by atoms with Gasteiger partial charge in [0.1, 0.15) is 11.5 Å². The van der Waals surface area contributed by atoms with Gasteiger partial charge in [-0.25, -0.2) is 4.99 Å². The molecule has 2 aromatic rings. The number of aryl methyl sites for hydroxylation is 4. The van der Waals surface area contributed by atoms with E-state index >= 15 is 0 Å². The van der Waals surface area contributed by atoms with E-state index in [9.17, 15) is 0 Å². The molecule has 0 saturated heterocycles. The lowest BCUT2D eigenvalue weighted by Crippen LogP contribution is -2.07. The first-order chi connectivity index (χ1) is 10.4. The van der Waals surface area contributed by atoms with Crippen molar-refractivity contribution in [1.29, 1.82) is 0 Å². The minimum absolute atomic E-state index is 0.871. The second kappa shape index (κ2) is 6.65. The lowest BCUT2D eigenvalue weighted by atomic mass is 10.1. The molecule has 116 valence electrons. The SMILES string of the molecule is Cc1ccc(Oc2cc(C)c(/N=C\N(C)C)cc2C)cc1C. The second-order valence-corrected chi connectivity index (χ2v) is 5.96. The number of hydrogen-bond acceptors (Lipinski definition) is 2. The highest BCUT2D eigenvalue weighted by molar-refractivity contribution is 5.64. The Labute approximate surface area is 133 Å². The zero-order valence-electron chi connectivity index (χ0n) is 14.3. The third-order valence-electron chi connectivity index (χ3n) is 3.63. The molecule has 2 aromatic carbocycles. The maximum atomic E-state index is 6.04. The van der Waals surface area contributed by atoms with Crippen LogP contribution in [-0.2, 0) is 0 Å². The van der Waals surface area contributed by atoms with E-state index < -0.39 is 0 Å². The van der Waals surface area contributed by atoms with Crippen LogP contribution in [0.15, 0.2) is 35.3 Å². The van der Waals surface area contributed by atoms with E-state index in [1.54, 1.807) is 0 Å². The molecule has 0 heterocycles. The molecule has 0 bridgehead atoms. The zero-order valence-corrected chi connectivity index (χ0v) is 14.3. The van der Waals surface area contributed by atoms with Gasteiger partial charge in [-0.15, -0.1) is 0 Å².